The van der Waals surface area contributed by atoms with Crippen LogP contribution in [0.3, 0.4) is 0 Å². The predicted octanol–water partition coefficient (Wildman–Crippen LogP) is 3.17. The average Bonchev–Trinajstić information content (AvgIpc) is 2.77. The van der Waals surface area contributed by atoms with Gasteiger partial charge in [0, 0.05) is 30.4 Å². The van der Waals surface area contributed by atoms with Crippen molar-refractivity contribution >= 4 is 23.5 Å². The molecular weight excluding hydrogens is 394 g/mol. The molecule has 0 aliphatic carbocycles. The van der Waals surface area contributed by atoms with Crippen LogP contribution in [-0.2, 0) is 11.2 Å². The number of carbonyl (C=O) groups is 1. The monoisotopic (exact) mass is 425 g/mol. The van der Waals surface area contributed by atoms with Gasteiger partial charge >= 0.3 is 0 Å². The lowest BCUT2D eigenvalue weighted by atomic mass is 9.87. The first-order valence-corrected chi connectivity index (χ1v) is 10.7. The summed E-state index contributed by atoms with van der Waals surface area (Å²) in [7, 11) is 0. The number of benzene rings is 2. The van der Waals surface area contributed by atoms with Crippen molar-refractivity contribution in [2.24, 2.45) is 0 Å². The minimum Gasteiger partial charge on any atom is -0.393 e. The molecule has 2 aromatic rings. The van der Waals surface area contributed by atoms with Crippen molar-refractivity contribution in [2.75, 3.05) is 36.9 Å². The fourth-order valence-corrected chi connectivity index (χ4v) is 4.27. The second-order valence-corrected chi connectivity index (χ2v) is 8.34. The lowest BCUT2D eigenvalue weighted by Gasteiger charge is -2.48. The Morgan fingerprint density at radius 3 is 2.58 bits per heavy atom. The zero-order valence-corrected chi connectivity index (χ0v) is 18.0. The molecule has 31 heavy (non-hydrogen) atoms. The lowest BCUT2D eigenvalue weighted by molar-refractivity contribution is -0.384. The van der Waals surface area contributed by atoms with Crippen molar-refractivity contribution < 1.29 is 9.72 Å². The Morgan fingerprint density at radius 2 is 1.94 bits per heavy atom. The molecule has 0 bridgehead atoms. The number of nitrogens with zero attached hydrogens (tertiary/aromatic N) is 3. The number of piperidine rings is 1. The Balaban J connectivity index is 1.54. The van der Waals surface area contributed by atoms with Crippen LogP contribution in [0.5, 0.6) is 0 Å². The van der Waals surface area contributed by atoms with Crippen LogP contribution in [0, 0.1) is 10.1 Å². The topological polar surface area (TPSA) is 105 Å². The van der Waals surface area contributed by atoms with Crippen LogP contribution in [0.15, 0.2) is 48.5 Å². The van der Waals surface area contributed by atoms with Crippen LogP contribution in [0.25, 0.3) is 0 Å². The summed E-state index contributed by atoms with van der Waals surface area (Å²) in [6.07, 6.45) is 4.46. The Kier molecular flexibility index (Phi) is 7.46. The number of hydrogen-bond acceptors (Lipinski definition) is 6. The van der Waals surface area contributed by atoms with Gasteiger partial charge in [-0.15, -0.1) is 0 Å². The second-order valence-electron chi connectivity index (χ2n) is 8.34. The van der Waals surface area contributed by atoms with Gasteiger partial charge in [0.15, 0.2) is 0 Å². The van der Waals surface area contributed by atoms with Crippen molar-refractivity contribution in [3.05, 3.63) is 64.2 Å². The maximum atomic E-state index is 11.1. The largest absolute Gasteiger partial charge is 0.393 e. The van der Waals surface area contributed by atoms with E-state index in [1.54, 1.807) is 12.1 Å². The highest BCUT2D eigenvalue weighted by molar-refractivity contribution is 5.59. The third-order valence-electron chi connectivity index (χ3n) is 6.22. The zero-order chi connectivity index (χ0) is 22.3. The summed E-state index contributed by atoms with van der Waals surface area (Å²) in [5.74, 6) is 0. The van der Waals surface area contributed by atoms with E-state index in [9.17, 15) is 14.9 Å². The summed E-state index contributed by atoms with van der Waals surface area (Å²) in [6.45, 7) is 5.65. The normalized spacial score (nSPS) is 15.9. The quantitative estimate of drug-likeness (QED) is 0.199. The molecule has 1 aliphatic heterocycles. The van der Waals surface area contributed by atoms with E-state index in [4.69, 9.17) is 5.73 Å². The van der Waals surface area contributed by atoms with Crippen LogP contribution in [-0.4, -0.2) is 48.1 Å². The van der Waals surface area contributed by atoms with Gasteiger partial charge in [-0.2, -0.15) is 0 Å². The summed E-state index contributed by atoms with van der Waals surface area (Å²) in [6, 6.07) is 15.3. The molecule has 8 nitrogen and oxygen atoms in total. The zero-order valence-electron chi connectivity index (χ0n) is 18.0. The predicted molar refractivity (Wildman–Crippen MR) is 123 cm³/mol. The SMILES string of the molecule is CC1(N(CNC=O)c2ccccc2)CCN(CCCc2ccc(N)c([N+](=O)[O-])c2)CC1. The van der Waals surface area contributed by atoms with Gasteiger partial charge in [0.1, 0.15) is 5.69 Å². The number of anilines is 2. The first-order chi connectivity index (χ1) is 14.9. The Morgan fingerprint density at radius 1 is 1.23 bits per heavy atom. The van der Waals surface area contributed by atoms with Crippen molar-refractivity contribution in [3.63, 3.8) is 0 Å². The summed E-state index contributed by atoms with van der Waals surface area (Å²) < 4.78 is 0. The molecule has 0 aromatic heterocycles. The van der Waals surface area contributed by atoms with Crippen molar-refractivity contribution in [2.45, 2.75) is 38.1 Å². The molecule has 1 fully saturated rings. The standard InChI is InChI=1S/C23H31N5O3/c1-23(27(17-25-18-29)20-7-3-2-4-8-20)11-14-26(15-12-23)13-5-6-19-9-10-21(24)22(16-19)28(30)31/h2-4,7-10,16,18H,5-6,11-15,17,24H2,1H3,(H,25,29). The van der Waals surface area contributed by atoms with Crippen molar-refractivity contribution in [3.8, 4) is 0 Å². The fourth-order valence-electron chi connectivity index (χ4n) is 4.27. The molecule has 3 N–H and O–H groups in total. The highest BCUT2D eigenvalue weighted by Gasteiger charge is 2.35. The lowest BCUT2D eigenvalue weighted by Crippen LogP contribution is -2.56. The molecule has 0 radical (unpaired) electrons. The molecule has 0 spiro atoms. The van der Waals surface area contributed by atoms with E-state index in [0.717, 1.165) is 63.0 Å². The minimum absolute atomic E-state index is 0.0174. The number of carbonyl (C=O) groups excluding carboxylic acids is 1. The van der Waals surface area contributed by atoms with E-state index in [-0.39, 0.29) is 16.9 Å². The molecule has 1 heterocycles. The number of nitro benzene ring substituents is 1. The van der Waals surface area contributed by atoms with Crippen LogP contribution in [0.2, 0.25) is 0 Å². The van der Waals surface area contributed by atoms with Crippen molar-refractivity contribution in [1.82, 2.24) is 10.2 Å². The maximum absolute atomic E-state index is 11.1. The van der Waals surface area contributed by atoms with Crippen LogP contribution < -0.4 is 16.0 Å². The Labute approximate surface area is 183 Å². The maximum Gasteiger partial charge on any atom is 0.292 e. The summed E-state index contributed by atoms with van der Waals surface area (Å²) in [4.78, 5) is 26.3. The molecule has 1 aliphatic rings. The first kappa shape index (κ1) is 22.6. The average molecular weight is 426 g/mol. The molecule has 166 valence electrons. The van der Waals surface area contributed by atoms with Crippen LogP contribution in [0.1, 0.15) is 31.7 Å². The van der Waals surface area contributed by atoms with E-state index in [1.807, 2.05) is 24.3 Å². The minimum atomic E-state index is -0.428. The number of amides is 1. The molecule has 2 aromatic carbocycles. The molecule has 0 saturated carbocycles. The number of aryl methyl sites for hydroxylation is 1. The van der Waals surface area contributed by atoms with Gasteiger partial charge in [-0.05, 0) is 62.9 Å². The first-order valence-electron chi connectivity index (χ1n) is 10.7. The molecular formula is C23H31N5O3. The molecule has 1 saturated heterocycles. The number of hydrogen-bond donors (Lipinski definition) is 2. The Bertz CT molecular complexity index is 882. The number of para-hydroxylation sites is 1. The number of nitro groups is 1. The van der Waals surface area contributed by atoms with E-state index in [2.05, 4.69) is 34.2 Å². The molecule has 0 unspecified atom stereocenters. The smallest absolute Gasteiger partial charge is 0.292 e. The molecule has 3 rings (SSSR count). The van der Waals surface area contributed by atoms with Gasteiger partial charge < -0.3 is 20.9 Å². The van der Waals surface area contributed by atoms with Gasteiger partial charge in [0.2, 0.25) is 6.41 Å². The van der Waals surface area contributed by atoms with Gasteiger partial charge in [0.05, 0.1) is 11.6 Å². The van der Waals surface area contributed by atoms with E-state index in [0.29, 0.717) is 6.67 Å². The summed E-state index contributed by atoms with van der Waals surface area (Å²) >= 11 is 0. The highest BCUT2D eigenvalue weighted by atomic mass is 16.6. The van der Waals surface area contributed by atoms with Crippen molar-refractivity contribution in [1.29, 1.82) is 0 Å². The van der Waals surface area contributed by atoms with E-state index in [1.165, 1.54) is 0 Å². The molecule has 0 atom stereocenters. The summed E-state index contributed by atoms with van der Waals surface area (Å²) in [5, 5.41) is 13.9. The number of nitrogens with two attached hydrogens (primary N) is 1. The number of nitrogens with one attached hydrogen (secondary N) is 1. The number of nitrogen functional groups attached to an aromatic ring is 1. The van der Waals surface area contributed by atoms with Crippen LogP contribution in [0.4, 0.5) is 17.1 Å². The van der Waals surface area contributed by atoms with Crippen LogP contribution >= 0.6 is 0 Å². The third-order valence-corrected chi connectivity index (χ3v) is 6.22. The molecule has 1 amide bonds. The van der Waals surface area contributed by atoms with Gasteiger partial charge in [0.25, 0.3) is 5.69 Å². The fraction of sp³-hybridized carbons (Fsp3) is 0.435. The van der Waals surface area contributed by atoms with Gasteiger partial charge in [-0.25, -0.2) is 0 Å². The van der Waals surface area contributed by atoms with E-state index >= 15 is 0 Å². The third kappa shape index (κ3) is 5.73. The summed E-state index contributed by atoms with van der Waals surface area (Å²) in [5.41, 5.74) is 7.88. The Hall–Kier alpha value is -3.13. The highest BCUT2D eigenvalue weighted by Crippen LogP contribution is 2.32. The number of rotatable bonds is 10. The van der Waals surface area contributed by atoms with Gasteiger partial charge in [-0.1, -0.05) is 24.3 Å². The van der Waals surface area contributed by atoms with Gasteiger partial charge in [-0.3, -0.25) is 14.9 Å². The molecule has 8 heteroatoms. The number of likely N-dealkylation sites (tertiary alicyclic amines) is 1. The van der Waals surface area contributed by atoms with E-state index < -0.39 is 4.92 Å². The second kappa shape index (κ2) is 10.3.